The largest absolute Gasteiger partial charge is 0.381 e. The van der Waals surface area contributed by atoms with Gasteiger partial charge in [-0.3, -0.25) is 9.69 Å². The molecule has 3 heterocycles. The van der Waals surface area contributed by atoms with Crippen LogP contribution in [0.15, 0.2) is 42.7 Å². The fraction of sp³-hybridized carbons (Fsp3) is 0.524. The molecule has 6 nitrogen and oxygen atoms in total. The average Bonchev–Trinajstić information content (AvgIpc) is 3.28. The normalized spacial score (nSPS) is 21.9. The van der Waals surface area contributed by atoms with E-state index >= 15 is 0 Å². The van der Waals surface area contributed by atoms with Gasteiger partial charge < -0.3 is 10.1 Å². The number of hydrogen-bond acceptors (Lipinski definition) is 4. The first kappa shape index (κ1) is 18.2. The number of piperidine rings is 1. The first-order valence-electron chi connectivity index (χ1n) is 9.98. The number of carbonyl (C=O) groups is 1. The van der Waals surface area contributed by atoms with Crippen LogP contribution in [-0.2, 0) is 16.1 Å². The first-order valence-corrected chi connectivity index (χ1v) is 9.98. The van der Waals surface area contributed by atoms with Gasteiger partial charge in [-0.1, -0.05) is 18.2 Å². The highest BCUT2D eigenvalue weighted by Crippen LogP contribution is 2.23. The average molecular weight is 368 g/mol. The van der Waals surface area contributed by atoms with Gasteiger partial charge >= 0.3 is 0 Å². The summed E-state index contributed by atoms with van der Waals surface area (Å²) in [5, 5.41) is 7.48. The Labute approximate surface area is 160 Å². The van der Waals surface area contributed by atoms with Gasteiger partial charge in [0, 0.05) is 44.7 Å². The zero-order valence-electron chi connectivity index (χ0n) is 15.7. The van der Waals surface area contributed by atoms with Crippen molar-refractivity contribution in [3.05, 3.63) is 48.3 Å². The number of hydrogen-bond donors (Lipinski definition) is 1. The van der Waals surface area contributed by atoms with Crippen molar-refractivity contribution in [1.82, 2.24) is 20.0 Å². The molecule has 1 atom stereocenters. The van der Waals surface area contributed by atoms with Crippen molar-refractivity contribution in [2.75, 3.05) is 26.3 Å². The summed E-state index contributed by atoms with van der Waals surface area (Å²) in [6.45, 7) is 4.21. The molecule has 1 aromatic carbocycles. The number of nitrogens with one attached hydrogen (secondary N) is 1. The van der Waals surface area contributed by atoms with Crippen molar-refractivity contribution in [3.63, 3.8) is 0 Å². The third-order valence-electron chi connectivity index (χ3n) is 5.73. The number of benzene rings is 1. The van der Waals surface area contributed by atoms with Crippen LogP contribution in [-0.4, -0.2) is 52.9 Å². The molecule has 4 rings (SSSR count). The van der Waals surface area contributed by atoms with Gasteiger partial charge in [-0.25, -0.2) is 4.68 Å². The molecular weight excluding hydrogens is 340 g/mol. The summed E-state index contributed by atoms with van der Waals surface area (Å²) < 4.78 is 7.32. The smallest absolute Gasteiger partial charge is 0.224 e. The number of likely N-dealkylation sites (tertiary alicyclic amines) is 1. The molecule has 0 saturated carbocycles. The lowest BCUT2D eigenvalue weighted by atomic mass is 9.94. The molecule has 0 unspecified atom stereocenters. The number of aromatic nitrogens is 2. The van der Waals surface area contributed by atoms with E-state index < -0.39 is 0 Å². The molecule has 0 aliphatic carbocycles. The van der Waals surface area contributed by atoms with Gasteiger partial charge in [0.1, 0.15) is 0 Å². The summed E-state index contributed by atoms with van der Waals surface area (Å²) in [6.07, 6.45) is 7.94. The highest BCUT2D eigenvalue weighted by Gasteiger charge is 2.30. The van der Waals surface area contributed by atoms with Crippen molar-refractivity contribution in [1.29, 1.82) is 0 Å². The summed E-state index contributed by atoms with van der Waals surface area (Å²) in [7, 11) is 0. The summed E-state index contributed by atoms with van der Waals surface area (Å²) in [5.74, 6) is 0.250. The number of para-hydroxylation sites is 1. The fourth-order valence-electron chi connectivity index (χ4n) is 4.22. The molecule has 27 heavy (non-hydrogen) atoms. The molecule has 1 N–H and O–H groups in total. The number of carbonyl (C=O) groups excluding carboxylic acids is 1. The van der Waals surface area contributed by atoms with Crippen LogP contribution >= 0.6 is 0 Å². The van der Waals surface area contributed by atoms with E-state index in [0.717, 1.165) is 63.2 Å². The SMILES string of the molecule is O=C(NCc1ccccc1-n1cccn1)[C@@H]1CCCN(C2CCOCC2)C1. The molecule has 0 spiro atoms. The molecule has 2 aliphatic heterocycles. The minimum atomic E-state index is 0.0819. The van der Waals surface area contributed by atoms with Gasteiger partial charge in [0.2, 0.25) is 5.91 Å². The molecule has 1 aromatic heterocycles. The van der Waals surface area contributed by atoms with Gasteiger partial charge in [-0.2, -0.15) is 5.10 Å². The highest BCUT2D eigenvalue weighted by molar-refractivity contribution is 5.79. The molecule has 2 aromatic rings. The monoisotopic (exact) mass is 368 g/mol. The Hall–Kier alpha value is -2.18. The fourth-order valence-corrected chi connectivity index (χ4v) is 4.22. The number of nitrogens with zero attached hydrogens (tertiary/aromatic N) is 3. The predicted molar refractivity (Wildman–Crippen MR) is 104 cm³/mol. The van der Waals surface area contributed by atoms with E-state index in [9.17, 15) is 4.79 Å². The number of rotatable bonds is 5. The number of ether oxygens (including phenoxy) is 1. The molecule has 2 aliphatic rings. The predicted octanol–water partition coefficient (Wildman–Crippen LogP) is 2.38. The highest BCUT2D eigenvalue weighted by atomic mass is 16.5. The van der Waals surface area contributed by atoms with Gasteiger partial charge in [-0.15, -0.1) is 0 Å². The molecule has 6 heteroatoms. The zero-order chi connectivity index (χ0) is 18.5. The molecule has 2 fully saturated rings. The zero-order valence-corrected chi connectivity index (χ0v) is 15.7. The van der Waals surface area contributed by atoms with Crippen LogP contribution < -0.4 is 5.32 Å². The Morgan fingerprint density at radius 1 is 1.19 bits per heavy atom. The Morgan fingerprint density at radius 2 is 2.04 bits per heavy atom. The van der Waals surface area contributed by atoms with Gasteiger partial charge in [0.15, 0.2) is 0 Å². The third-order valence-corrected chi connectivity index (χ3v) is 5.73. The van der Waals surface area contributed by atoms with Crippen molar-refractivity contribution >= 4 is 5.91 Å². The van der Waals surface area contributed by atoms with E-state index in [0.29, 0.717) is 12.6 Å². The van der Waals surface area contributed by atoms with Crippen molar-refractivity contribution < 1.29 is 9.53 Å². The first-order chi connectivity index (χ1) is 13.3. The van der Waals surface area contributed by atoms with Crippen LogP contribution in [0.5, 0.6) is 0 Å². The lowest BCUT2D eigenvalue weighted by Gasteiger charge is -2.39. The summed E-state index contributed by atoms with van der Waals surface area (Å²) >= 11 is 0. The van der Waals surface area contributed by atoms with Crippen LogP contribution in [0.2, 0.25) is 0 Å². The third kappa shape index (κ3) is 4.39. The van der Waals surface area contributed by atoms with Crippen LogP contribution in [0, 0.1) is 5.92 Å². The number of amides is 1. The van der Waals surface area contributed by atoms with Crippen molar-refractivity contribution in [3.8, 4) is 5.69 Å². The van der Waals surface area contributed by atoms with E-state index in [2.05, 4.69) is 15.3 Å². The Morgan fingerprint density at radius 3 is 2.85 bits per heavy atom. The maximum absolute atomic E-state index is 12.8. The second-order valence-electron chi connectivity index (χ2n) is 7.47. The molecular formula is C21H28N4O2. The molecule has 144 valence electrons. The van der Waals surface area contributed by atoms with Gasteiger partial charge in [0.25, 0.3) is 0 Å². The molecule has 1 amide bonds. The standard InChI is InChI=1S/C21H28N4O2/c26-21(18-6-3-11-24(16-18)19-8-13-27-14-9-19)22-15-17-5-1-2-7-20(17)25-12-4-10-23-25/h1-2,4-5,7,10,12,18-19H,3,6,8-9,11,13-16H2,(H,22,26)/t18-/m1/s1. The van der Waals surface area contributed by atoms with E-state index in [1.807, 2.05) is 41.2 Å². The molecule has 0 radical (unpaired) electrons. The van der Waals surface area contributed by atoms with Gasteiger partial charge in [0.05, 0.1) is 11.6 Å². The van der Waals surface area contributed by atoms with E-state index in [4.69, 9.17) is 4.74 Å². The van der Waals surface area contributed by atoms with Crippen LogP contribution in [0.25, 0.3) is 5.69 Å². The lowest BCUT2D eigenvalue weighted by Crippen LogP contribution is -2.48. The summed E-state index contributed by atoms with van der Waals surface area (Å²) in [5.41, 5.74) is 2.09. The second kappa shape index (κ2) is 8.67. The second-order valence-corrected chi connectivity index (χ2v) is 7.47. The minimum Gasteiger partial charge on any atom is -0.381 e. The van der Waals surface area contributed by atoms with Crippen LogP contribution in [0.3, 0.4) is 0 Å². The van der Waals surface area contributed by atoms with Crippen molar-refractivity contribution in [2.24, 2.45) is 5.92 Å². The maximum Gasteiger partial charge on any atom is 0.224 e. The van der Waals surface area contributed by atoms with E-state index in [-0.39, 0.29) is 11.8 Å². The van der Waals surface area contributed by atoms with Gasteiger partial charge in [-0.05, 0) is 49.9 Å². The van der Waals surface area contributed by atoms with Crippen LogP contribution in [0.4, 0.5) is 0 Å². The summed E-state index contributed by atoms with van der Waals surface area (Å²) in [4.78, 5) is 15.3. The summed E-state index contributed by atoms with van der Waals surface area (Å²) in [6, 6.07) is 10.6. The Kier molecular flexibility index (Phi) is 5.84. The Balaban J connectivity index is 1.36. The lowest BCUT2D eigenvalue weighted by molar-refractivity contribution is -0.127. The Bertz CT molecular complexity index is 740. The quantitative estimate of drug-likeness (QED) is 0.880. The molecule has 0 bridgehead atoms. The van der Waals surface area contributed by atoms with E-state index in [1.165, 1.54) is 0 Å². The maximum atomic E-state index is 12.8. The van der Waals surface area contributed by atoms with Crippen LogP contribution in [0.1, 0.15) is 31.2 Å². The molecule has 2 saturated heterocycles. The topological polar surface area (TPSA) is 59.4 Å². The van der Waals surface area contributed by atoms with Crippen molar-refractivity contribution in [2.45, 2.75) is 38.3 Å². The minimum absolute atomic E-state index is 0.0819. The van der Waals surface area contributed by atoms with E-state index in [1.54, 1.807) is 6.20 Å².